The van der Waals surface area contributed by atoms with Crippen LogP contribution in [0.5, 0.6) is 5.75 Å². The molecule has 0 amide bonds. The van der Waals surface area contributed by atoms with Crippen molar-refractivity contribution in [2.45, 2.75) is 39.8 Å². The lowest BCUT2D eigenvalue weighted by Crippen LogP contribution is -2.23. The van der Waals surface area contributed by atoms with Crippen molar-refractivity contribution in [1.82, 2.24) is 5.32 Å². The van der Waals surface area contributed by atoms with Gasteiger partial charge in [-0.25, -0.2) is 0 Å². The monoisotopic (exact) mass is 269 g/mol. The number of aromatic hydroxyl groups is 1. The first-order chi connectivity index (χ1) is 9.49. The molecule has 0 radical (unpaired) electrons. The number of phenolic OH excluding ortho intramolecular Hbond substituents is 1. The Labute approximate surface area is 121 Å². The lowest BCUT2D eigenvalue weighted by atomic mass is 9.99. The molecule has 2 nitrogen and oxygen atoms in total. The second-order valence-electron chi connectivity index (χ2n) is 5.53. The Balaban J connectivity index is 2.15. The number of rotatable bonds is 4. The van der Waals surface area contributed by atoms with Crippen LogP contribution in [0.1, 0.15) is 48.2 Å². The fourth-order valence-electron chi connectivity index (χ4n) is 2.65. The van der Waals surface area contributed by atoms with Crippen LogP contribution in [0.2, 0.25) is 0 Å². The molecule has 2 heteroatoms. The van der Waals surface area contributed by atoms with Gasteiger partial charge in [0.1, 0.15) is 5.75 Å². The number of nitrogens with one attached hydrogen (secondary N) is 1. The van der Waals surface area contributed by atoms with Gasteiger partial charge in [-0.1, -0.05) is 36.4 Å². The molecule has 0 spiro atoms. The maximum atomic E-state index is 10.1. The predicted octanol–water partition coefficient (Wildman–Crippen LogP) is 4.42. The highest BCUT2D eigenvalue weighted by Gasteiger charge is 2.15. The third-order valence-electron chi connectivity index (χ3n) is 3.81. The molecule has 2 aromatic carbocycles. The third kappa shape index (κ3) is 3.20. The van der Waals surface area contributed by atoms with E-state index in [1.807, 2.05) is 25.1 Å². The van der Waals surface area contributed by atoms with E-state index in [1.54, 1.807) is 0 Å². The largest absolute Gasteiger partial charge is 0.508 e. The van der Waals surface area contributed by atoms with E-state index in [-0.39, 0.29) is 12.1 Å². The second kappa shape index (κ2) is 6.10. The van der Waals surface area contributed by atoms with Crippen molar-refractivity contribution in [3.8, 4) is 5.75 Å². The van der Waals surface area contributed by atoms with Crippen molar-refractivity contribution in [1.29, 1.82) is 0 Å². The summed E-state index contributed by atoms with van der Waals surface area (Å²) in [5, 5.41) is 13.6. The van der Waals surface area contributed by atoms with Crippen molar-refractivity contribution in [3.63, 3.8) is 0 Å². The van der Waals surface area contributed by atoms with E-state index in [1.165, 1.54) is 11.1 Å². The highest BCUT2D eigenvalue weighted by Crippen LogP contribution is 2.27. The van der Waals surface area contributed by atoms with Gasteiger partial charge in [0.15, 0.2) is 0 Å². The quantitative estimate of drug-likeness (QED) is 0.861. The average Bonchev–Trinajstić information content (AvgIpc) is 2.38. The van der Waals surface area contributed by atoms with Gasteiger partial charge in [0.25, 0.3) is 0 Å². The summed E-state index contributed by atoms with van der Waals surface area (Å²) < 4.78 is 0. The molecule has 0 heterocycles. The number of benzene rings is 2. The standard InChI is InChI=1S/C18H23NO/c1-12-9-10-17(18(20)11-12)15(4)19-14(3)16-8-6-5-7-13(16)2/h5-11,14-15,19-20H,1-4H3/t14-,15?/m1/s1. The first-order valence-corrected chi connectivity index (χ1v) is 7.10. The molecule has 20 heavy (non-hydrogen) atoms. The molecule has 0 saturated heterocycles. The molecule has 0 aliphatic rings. The Kier molecular flexibility index (Phi) is 4.46. The van der Waals surface area contributed by atoms with E-state index < -0.39 is 0 Å². The van der Waals surface area contributed by atoms with E-state index in [9.17, 15) is 5.11 Å². The molecule has 1 unspecified atom stereocenters. The van der Waals surface area contributed by atoms with Gasteiger partial charge >= 0.3 is 0 Å². The van der Waals surface area contributed by atoms with Gasteiger partial charge in [-0.05, 0) is 50.5 Å². The maximum Gasteiger partial charge on any atom is 0.120 e. The number of hydrogen-bond acceptors (Lipinski definition) is 2. The molecule has 0 aromatic heterocycles. The van der Waals surface area contributed by atoms with Crippen LogP contribution in [-0.4, -0.2) is 5.11 Å². The zero-order chi connectivity index (χ0) is 14.7. The zero-order valence-electron chi connectivity index (χ0n) is 12.6. The van der Waals surface area contributed by atoms with E-state index in [0.29, 0.717) is 5.75 Å². The van der Waals surface area contributed by atoms with Crippen molar-refractivity contribution < 1.29 is 5.11 Å². The maximum absolute atomic E-state index is 10.1. The minimum Gasteiger partial charge on any atom is -0.508 e. The van der Waals surface area contributed by atoms with Gasteiger partial charge in [0, 0.05) is 17.6 Å². The Morgan fingerprint density at radius 2 is 1.55 bits per heavy atom. The average molecular weight is 269 g/mol. The Morgan fingerprint density at radius 1 is 0.900 bits per heavy atom. The van der Waals surface area contributed by atoms with Gasteiger partial charge in [0.2, 0.25) is 0 Å². The SMILES string of the molecule is Cc1ccc(C(C)N[C@H](C)c2ccccc2C)c(O)c1. The lowest BCUT2D eigenvalue weighted by Gasteiger charge is -2.23. The first kappa shape index (κ1) is 14.6. The summed E-state index contributed by atoms with van der Waals surface area (Å²) in [4.78, 5) is 0. The lowest BCUT2D eigenvalue weighted by molar-refractivity contribution is 0.438. The Morgan fingerprint density at radius 3 is 2.20 bits per heavy atom. The summed E-state index contributed by atoms with van der Waals surface area (Å²) in [7, 11) is 0. The summed E-state index contributed by atoms with van der Waals surface area (Å²) in [6, 6.07) is 14.6. The van der Waals surface area contributed by atoms with Crippen LogP contribution in [0.25, 0.3) is 0 Å². The number of hydrogen-bond donors (Lipinski definition) is 2. The molecule has 2 aromatic rings. The highest BCUT2D eigenvalue weighted by atomic mass is 16.3. The normalized spacial score (nSPS) is 14.0. The summed E-state index contributed by atoms with van der Waals surface area (Å²) in [5.41, 5.74) is 4.60. The van der Waals surface area contributed by atoms with Crippen LogP contribution in [0.15, 0.2) is 42.5 Å². The smallest absolute Gasteiger partial charge is 0.120 e. The third-order valence-corrected chi connectivity index (χ3v) is 3.81. The molecular formula is C18H23NO. The van der Waals surface area contributed by atoms with E-state index in [2.05, 4.69) is 50.4 Å². The van der Waals surface area contributed by atoms with Crippen LogP contribution in [0.3, 0.4) is 0 Å². The molecule has 2 rings (SSSR count). The molecule has 106 valence electrons. The molecule has 0 saturated carbocycles. The molecule has 0 aliphatic heterocycles. The van der Waals surface area contributed by atoms with Crippen LogP contribution in [0.4, 0.5) is 0 Å². The molecule has 2 N–H and O–H groups in total. The minimum absolute atomic E-state index is 0.102. The van der Waals surface area contributed by atoms with Gasteiger partial charge in [0.05, 0.1) is 0 Å². The molecule has 0 fully saturated rings. The molecule has 0 aliphatic carbocycles. The number of phenols is 1. The van der Waals surface area contributed by atoms with Crippen molar-refractivity contribution in [3.05, 3.63) is 64.7 Å². The highest BCUT2D eigenvalue weighted by molar-refractivity contribution is 5.38. The fourth-order valence-corrected chi connectivity index (χ4v) is 2.65. The van der Waals surface area contributed by atoms with Crippen molar-refractivity contribution >= 4 is 0 Å². The summed E-state index contributed by atoms with van der Waals surface area (Å²) in [6.07, 6.45) is 0. The van der Waals surface area contributed by atoms with E-state index in [0.717, 1.165) is 11.1 Å². The van der Waals surface area contributed by atoms with E-state index in [4.69, 9.17) is 0 Å². The van der Waals surface area contributed by atoms with Crippen LogP contribution in [-0.2, 0) is 0 Å². The Hall–Kier alpha value is -1.80. The van der Waals surface area contributed by atoms with Crippen LogP contribution in [0, 0.1) is 13.8 Å². The van der Waals surface area contributed by atoms with Gasteiger partial charge in [-0.2, -0.15) is 0 Å². The zero-order valence-corrected chi connectivity index (χ0v) is 12.6. The predicted molar refractivity (Wildman–Crippen MR) is 84.0 cm³/mol. The van der Waals surface area contributed by atoms with Crippen molar-refractivity contribution in [2.24, 2.45) is 0 Å². The van der Waals surface area contributed by atoms with Gasteiger partial charge in [-0.15, -0.1) is 0 Å². The van der Waals surface area contributed by atoms with Crippen molar-refractivity contribution in [2.75, 3.05) is 0 Å². The first-order valence-electron chi connectivity index (χ1n) is 7.10. The Bertz CT molecular complexity index is 592. The summed E-state index contributed by atoms with van der Waals surface area (Å²) in [6.45, 7) is 8.35. The van der Waals surface area contributed by atoms with Crippen LogP contribution >= 0.6 is 0 Å². The molecular weight excluding hydrogens is 246 g/mol. The van der Waals surface area contributed by atoms with Crippen LogP contribution < -0.4 is 5.32 Å². The molecule has 2 atom stereocenters. The topological polar surface area (TPSA) is 32.3 Å². The number of aryl methyl sites for hydroxylation is 2. The fraction of sp³-hybridized carbons (Fsp3) is 0.333. The van der Waals surface area contributed by atoms with E-state index >= 15 is 0 Å². The van der Waals surface area contributed by atoms with Gasteiger partial charge < -0.3 is 10.4 Å². The minimum atomic E-state index is 0.102. The summed E-state index contributed by atoms with van der Waals surface area (Å²) in [5.74, 6) is 0.363. The summed E-state index contributed by atoms with van der Waals surface area (Å²) >= 11 is 0. The van der Waals surface area contributed by atoms with Gasteiger partial charge in [-0.3, -0.25) is 0 Å². The second-order valence-corrected chi connectivity index (χ2v) is 5.53. The molecule has 0 bridgehead atoms.